The van der Waals surface area contributed by atoms with Gasteiger partial charge in [0.05, 0.1) is 11.1 Å². The Balaban J connectivity index is 1.65. The summed E-state index contributed by atoms with van der Waals surface area (Å²) in [6.45, 7) is 2.71. The van der Waals surface area contributed by atoms with Gasteiger partial charge in [0.2, 0.25) is 5.91 Å². The molecule has 1 fully saturated rings. The van der Waals surface area contributed by atoms with E-state index < -0.39 is 0 Å². The zero-order valence-electron chi connectivity index (χ0n) is 14.1. The topological polar surface area (TPSA) is 38.3 Å². The Morgan fingerprint density at radius 3 is 2.65 bits per heavy atom. The number of amides is 1. The fraction of sp³-hybridized carbons (Fsp3) is 0.632. The molecule has 0 aromatic heterocycles. The average molecular weight is 382 g/mol. The van der Waals surface area contributed by atoms with Crippen LogP contribution in [-0.4, -0.2) is 18.6 Å². The van der Waals surface area contributed by atoms with Gasteiger partial charge in [-0.1, -0.05) is 38.7 Å². The first-order valence-electron chi connectivity index (χ1n) is 8.89. The lowest BCUT2D eigenvalue weighted by Gasteiger charge is -2.16. The van der Waals surface area contributed by atoms with Crippen LogP contribution in [0.5, 0.6) is 5.75 Å². The van der Waals surface area contributed by atoms with E-state index in [-0.39, 0.29) is 5.91 Å². The van der Waals surface area contributed by atoms with Gasteiger partial charge in [0.25, 0.3) is 0 Å². The van der Waals surface area contributed by atoms with Crippen LogP contribution in [0.2, 0.25) is 0 Å². The van der Waals surface area contributed by atoms with E-state index in [0.717, 1.165) is 35.9 Å². The summed E-state index contributed by atoms with van der Waals surface area (Å²) >= 11 is 3.54. The number of ether oxygens (including phenoxy) is 1. The number of hydrogen-bond acceptors (Lipinski definition) is 2. The second-order valence-corrected chi connectivity index (χ2v) is 7.18. The molecule has 2 rings (SSSR count). The maximum atomic E-state index is 12.0. The highest BCUT2D eigenvalue weighted by molar-refractivity contribution is 9.10. The van der Waals surface area contributed by atoms with Gasteiger partial charge in [-0.15, -0.1) is 0 Å². The van der Waals surface area contributed by atoms with Crippen molar-refractivity contribution in [2.75, 3.05) is 6.61 Å². The number of carbonyl (C=O) groups is 1. The molecule has 0 heterocycles. The molecule has 128 valence electrons. The number of halogens is 1. The highest BCUT2D eigenvalue weighted by Gasteiger charge is 2.14. The number of benzene rings is 1. The molecule has 1 aliphatic carbocycles. The summed E-state index contributed by atoms with van der Waals surface area (Å²) in [5.41, 5.74) is 1.28. The van der Waals surface area contributed by atoms with Crippen LogP contribution in [0.25, 0.3) is 0 Å². The molecule has 0 bridgehead atoms. The Morgan fingerprint density at radius 1 is 1.26 bits per heavy atom. The highest BCUT2D eigenvalue weighted by Crippen LogP contribution is 2.26. The van der Waals surface area contributed by atoms with Crippen molar-refractivity contribution in [1.29, 1.82) is 0 Å². The fourth-order valence-corrected chi connectivity index (χ4v) is 3.56. The van der Waals surface area contributed by atoms with Gasteiger partial charge in [-0.2, -0.15) is 0 Å². The Morgan fingerprint density at radius 2 is 2.00 bits per heavy atom. The Kier molecular flexibility index (Phi) is 7.93. The predicted molar refractivity (Wildman–Crippen MR) is 97.9 cm³/mol. The predicted octanol–water partition coefficient (Wildman–Crippen LogP) is 5.01. The van der Waals surface area contributed by atoms with Crippen LogP contribution in [0.1, 0.15) is 63.9 Å². The minimum absolute atomic E-state index is 0.167. The lowest BCUT2D eigenvalue weighted by Crippen LogP contribution is -2.34. The van der Waals surface area contributed by atoms with E-state index in [1.165, 1.54) is 31.2 Å². The van der Waals surface area contributed by atoms with Gasteiger partial charge in [0.15, 0.2) is 0 Å². The van der Waals surface area contributed by atoms with Gasteiger partial charge in [0.1, 0.15) is 5.75 Å². The number of rotatable bonds is 7. The molecule has 3 nitrogen and oxygen atoms in total. The summed E-state index contributed by atoms with van der Waals surface area (Å²) in [5, 5.41) is 3.18. The molecule has 1 N–H and O–H groups in total. The van der Waals surface area contributed by atoms with Gasteiger partial charge in [-0.3, -0.25) is 4.79 Å². The van der Waals surface area contributed by atoms with Gasteiger partial charge >= 0.3 is 0 Å². The van der Waals surface area contributed by atoms with Crippen molar-refractivity contribution >= 4 is 21.8 Å². The Labute approximate surface area is 148 Å². The quantitative estimate of drug-likeness (QED) is 0.532. The standard InChI is InChI=1S/C19H28BrNO2/c1-2-15-11-12-18(17(20)14-15)23-13-7-10-19(22)21-16-8-5-3-4-6-9-16/h11-12,14,16H,2-10,13H2,1H3,(H,21,22). The van der Waals surface area contributed by atoms with Crippen LogP contribution in [0.4, 0.5) is 0 Å². The molecule has 0 spiro atoms. The van der Waals surface area contributed by atoms with Crippen LogP contribution in [0.3, 0.4) is 0 Å². The van der Waals surface area contributed by atoms with Crippen molar-refractivity contribution in [3.8, 4) is 5.75 Å². The Hall–Kier alpha value is -1.03. The number of aryl methyl sites for hydroxylation is 1. The molecule has 1 aromatic rings. The zero-order valence-corrected chi connectivity index (χ0v) is 15.7. The van der Waals surface area contributed by atoms with Crippen LogP contribution >= 0.6 is 15.9 Å². The van der Waals surface area contributed by atoms with E-state index in [2.05, 4.69) is 40.3 Å². The zero-order chi connectivity index (χ0) is 16.5. The van der Waals surface area contributed by atoms with Gasteiger partial charge < -0.3 is 10.1 Å². The maximum Gasteiger partial charge on any atom is 0.220 e. The summed E-state index contributed by atoms with van der Waals surface area (Å²) in [5.74, 6) is 1.02. The van der Waals surface area contributed by atoms with E-state index in [4.69, 9.17) is 4.74 Å². The average Bonchev–Trinajstić information content (AvgIpc) is 2.81. The van der Waals surface area contributed by atoms with Gasteiger partial charge in [-0.05, 0) is 59.3 Å². The number of carbonyl (C=O) groups excluding carboxylic acids is 1. The molecule has 1 amide bonds. The Bertz CT molecular complexity index is 496. The third-order valence-electron chi connectivity index (χ3n) is 4.43. The third-order valence-corrected chi connectivity index (χ3v) is 5.05. The summed E-state index contributed by atoms with van der Waals surface area (Å²) in [7, 11) is 0. The first-order chi connectivity index (χ1) is 11.2. The second kappa shape index (κ2) is 9.96. The highest BCUT2D eigenvalue weighted by atomic mass is 79.9. The van der Waals surface area contributed by atoms with E-state index >= 15 is 0 Å². The molecule has 0 radical (unpaired) electrons. The maximum absolute atomic E-state index is 12.0. The van der Waals surface area contributed by atoms with Crippen molar-refractivity contribution in [2.24, 2.45) is 0 Å². The first kappa shape index (κ1) is 18.3. The van der Waals surface area contributed by atoms with Crippen molar-refractivity contribution in [2.45, 2.75) is 70.8 Å². The molecular formula is C19H28BrNO2. The fourth-order valence-electron chi connectivity index (χ4n) is 3.02. The smallest absolute Gasteiger partial charge is 0.220 e. The van der Waals surface area contributed by atoms with Crippen LogP contribution in [-0.2, 0) is 11.2 Å². The number of hydrogen-bond donors (Lipinski definition) is 1. The minimum Gasteiger partial charge on any atom is -0.492 e. The summed E-state index contributed by atoms with van der Waals surface area (Å²) in [6, 6.07) is 6.56. The van der Waals surface area contributed by atoms with Crippen molar-refractivity contribution in [3.05, 3.63) is 28.2 Å². The second-order valence-electron chi connectivity index (χ2n) is 6.33. The molecule has 0 saturated heterocycles. The minimum atomic E-state index is 0.167. The van der Waals surface area contributed by atoms with Crippen molar-refractivity contribution < 1.29 is 9.53 Å². The van der Waals surface area contributed by atoms with Gasteiger partial charge in [-0.25, -0.2) is 0 Å². The van der Waals surface area contributed by atoms with Crippen molar-refractivity contribution in [3.63, 3.8) is 0 Å². The molecule has 0 aliphatic heterocycles. The van der Waals surface area contributed by atoms with Crippen LogP contribution in [0, 0.1) is 0 Å². The third kappa shape index (κ3) is 6.54. The largest absolute Gasteiger partial charge is 0.492 e. The molecule has 1 aliphatic rings. The van der Waals surface area contributed by atoms with E-state index in [9.17, 15) is 4.79 Å². The lowest BCUT2D eigenvalue weighted by atomic mass is 10.1. The van der Waals surface area contributed by atoms with Gasteiger partial charge in [0, 0.05) is 12.5 Å². The SMILES string of the molecule is CCc1ccc(OCCCC(=O)NC2CCCCCC2)c(Br)c1. The monoisotopic (exact) mass is 381 g/mol. The first-order valence-corrected chi connectivity index (χ1v) is 9.69. The molecule has 1 saturated carbocycles. The molecule has 23 heavy (non-hydrogen) atoms. The molecule has 1 aromatic carbocycles. The molecular weight excluding hydrogens is 354 g/mol. The lowest BCUT2D eigenvalue weighted by molar-refractivity contribution is -0.122. The molecule has 0 unspecified atom stereocenters. The van der Waals surface area contributed by atoms with Crippen LogP contribution in [0.15, 0.2) is 22.7 Å². The number of nitrogens with one attached hydrogen (secondary N) is 1. The van der Waals surface area contributed by atoms with Crippen LogP contribution < -0.4 is 10.1 Å². The summed E-state index contributed by atoms with van der Waals surface area (Å²) in [4.78, 5) is 12.0. The summed E-state index contributed by atoms with van der Waals surface area (Å²) in [6.07, 6.45) is 9.70. The molecule has 4 heteroatoms. The van der Waals surface area contributed by atoms with E-state index in [0.29, 0.717) is 19.1 Å². The van der Waals surface area contributed by atoms with E-state index in [1.54, 1.807) is 0 Å². The normalized spacial score (nSPS) is 15.9. The molecule has 0 atom stereocenters. The van der Waals surface area contributed by atoms with E-state index in [1.807, 2.05) is 6.07 Å². The van der Waals surface area contributed by atoms with Crippen molar-refractivity contribution in [1.82, 2.24) is 5.32 Å². The summed E-state index contributed by atoms with van der Waals surface area (Å²) < 4.78 is 6.76.